The van der Waals surface area contributed by atoms with Crippen molar-refractivity contribution in [2.45, 2.75) is 50.7 Å². The summed E-state index contributed by atoms with van der Waals surface area (Å²) in [5, 5.41) is 31.1. The second-order valence-electron chi connectivity index (χ2n) is 11.8. The van der Waals surface area contributed by atoms with Gasteiger partial charge in [-0.2, -0.15) is 36.5 Å². The number of rotatable bonds is 15. The molecule has 0 radical (unpaired) electrons. The third kappa shape index (κ3) is 10.9. The number of nitrogens with zero attached hydrogens (tertiary/aromatic N) is 8. The number of nitrogens with one attached hydrogen (secondary N) is 2. The largest absolute Gasteiger partial charge is 0.542 e. The Morgan fingerprint density at radius 1 is 1.25 bits per heavy atom. The van der Waals surface area contributed by atoms with Crippen molar-refractivity contribution in [3.8, 4) is 16.9 Å². The van der Waals surface area contributed by atoms with Gasteiger partial charge in [-0.3, -0.25) is 14.1 Å². The Bertz CT molecular complexity index is 2110. The number of aromatic nitrogens is 7. The zero-order valence-corrected chi connectivity index (χ0v) is 30.5. The molecule has 298 valence electrons. The standard InChI is InChI=1S/C26H32N12O8S2.C2HF3O2/c1-26(2)21(24(40)38(26)46-48(41,42)43)30-23(39)20(18-14-47-25(28)29-18)33-45-19(22-31-34-35-32-22)13-44-17-7-5-15(6-8-17)16-11-36(3)37(12-16)10-4-9-27;3-2(4,5)1(6)7/h5-8,11-12,14,19,21H,4,9-10,13,27H2,1-3H3,(H4-,28,29,30,31,32,34,35,39,41,42,43);(H,6,7)/b33-20-;/t19?,21-;/m1./s1. The molecule has 1 saturated heterocycles. The number of carboxylic acid groups (broad SMARTS) is 1. The molecular formula is C28H33F3N12O10S2. The quantitative estimate of drug-likeness (QED) is 0.0302. The molecule has 4 aromatic rings. The number of tetrazole rings is 1. The minimum Gasteiger partial charge on any atom is -0.542 e. The lowest BCUT2D eigenvalue weighted by atomic mass is 9.84. The van der Waals surface area contributed by atoms with E-state index >= 15 is 0 Å². The lowest BCUT2D eigenvalue weighted by Gasteiger charge is -2.50. The fourth-order valence-corrected chi connectivity index (χ4v) is 5.70. The van der Waals surface area contributed by atoms with Gasteiger partial charge in [0.2, 0.25) is 18.1 Å². The first-order valence-electron chi connectivity index (χ1n) is 15.5. The molecule has 2 atom stereocenters. The van der Waals surface area contributed by atoms with E-state index < -0.39 is 52.0 Å². The number of aromatic amines is 1. The Balaban J connectivity index is 0.000000876. The number of anilines is 1. The number of β-lactam (4-membered cyclic amide) rings is 1. The number of ether oxygens (including phenoxy) is 1. The van der Waals surface area contributed by atoms with Crippen LogP contribution in [0.25, 0.3) is 11.1 Å². The number of hydrogen-bond donors (Lipinski definition) is 5. The molecule has 4 heterocycles. The monoisotopic (exact) mass is 818 g/mol. The van der Waals surface area contributed by atoms with Gasteiger partial charge in [0.1, 0.15) is 30.1 Å². The fourth-order valence-electron chi connectivity index (χ4n) is 4.70. The predicted molar refractivity (Wildman–Crippen MR) is 178 cm³/mol. The summed E-state index contributed by atoms with van der Waals surface area (Å²) in [5.41, 5.74) is 11.7. The molecule has 1 fully saturated rings. The number of benzene rings is 1. The number of nitrogen functional groups attached to an aromatic ring is 1. The molecule has 3 aromatic heterocycles. The summed E-state index contributed by atoms with van der Waals surface area (Å²) in [6.07, 6.45) is -1.35. The maximum atomic E-state index is 13.4. The number of amides is 2. The van der Waals surface area contributed by atoms with Crippen molar-refractivity contribution in [1.29, 1.82) is 0 Å². The molecular weight excluding hydrogens is 786 g/mol. The highest BCUT2D eigenvalue weighted by Crippen LogP contribution is 2.33. The number of nitrogens with two attached hydrogens (primary N) is 2. The second-order valence-corrected chi connectivity index (χ2v) is 13.7. The van der Waals surface area contributed by atoms with E-state index in [0.717, 1.165) is 35.4 Å². The molecule has 55 heavy (non-hydrogen) atoms. The number of carbonyl (C=O) groups is 3. The topological polar surface area (TPSA) is 312 Å². The van der Waals surface area contributed by atoms with Crippen molar-refractivity contribution in [3.63, 3.8) is 0 Å². The molecule has 0 aliphatic carbocycles. The van der Waals surface area contributed by atoms with E-state index in [0.29, 0.717) is 17.4 Å². The van der Waals surface area contributed by atoms with Crippen LogP contribution in [0.5, 0.6) is 5.75 Å². The summed E-state index contributed by atoms with van der Waals surface area (Å²) in [4.78, 5) is 44.6. The molecule has 1 aromatic carbocycles. The number of carbonyl (C=O) groups excluding carboxylic acids is 3. The van der Waals surface area contributed by atoms with Gasteiger partial charge in [-0.15, -0.1) is 30.5 Å². The number of hydroxylamine groups is 2. The Hall–Kier alpha value is -5.77. The zero-order chi connectivity index (χ0) is 40.7. The third-order valence-electron chi connectivity index (χ3n) is 7.45. The molecule has 2 amide bonds. The Morgan fingerprint density at radius 3 is 2.45 bits per heavy atom. The van der Waals surface area contributed by atoms with Crippen LogP contribution in [-0.2, 0) is 47.5 Å². The summed E-state index contributed by atoms with van der Waals surface area (Å²) in [7, 11) is -3.03. The van der Waals surface area contributed by atoms with E-state index in [4.69, 9.17) is 35.5 Å². The molecule has 5 rings (SSSR count). The van der Waals surface area contributed by atoms with Crippen LogP contribution in [0.2, 0.25) is 0 Å². The average Bonchev–Trinajstić information content (AvgIpc) is 3.88. The van der Waals surface area contributed by atoms with Crippen molar-refractivity contribution in [2.24, 2.45) is 17.9 Å². The average molecular weight is 819 g/mol. The maximum absolute atomic E-state index is 13.4. The number of oxime groups is 1. The van der Waals surface area contributed by atoms with Crippen LogP contribution in [-0.4, -0.2) is 103 Å². The summed E-state index contributed by atoms with van der Waals surface area (Å²) >= 11 is 1.03. The number of H-pyrrole nitrogens is 1. The summed E-state index contributed by atoms with van der Waals surface area (Å²) in [6.45, 7) is 4.07. The highest BCUT2D eigenvalue weighted by Gasteiger charge is 2.58. The molecule has 0 saturated carbocycles. The first-order valence-corrected chi connectivity index (χ1v) is 17.7. The third-order valence-corrected chi connectivity index (χ3v) is 8.46. The highest BCUT2D eigenvalue weighted by atomic mass is 32.3. The lowest BCUT2D eigenvalue weighted by molar-refractivity contribution is -0.753. The van der Waals surface area contributed by atoms with Crippen molar-refractivity contribution >= 4 is 50.4 Å². The van der Waals surface area contributed by atoms with Crippen molar-refractivity contribution in [2.75, 3.05) is 18.9 Å². The normalized spacial score (nSPS) is 16.1. The molecule has 0 bridgehead atoms. The molecule has 1 aliphatic heterocycles. The Morgan fingerprint density at radius 2 is 1.93 bits per heavy atom. The summed E-state index contributed by atoms with van der Waals surface area (Å²) in [6, 6.07) is 6.11. The van der Waals surface area contributed by atoms with E-state index in [2.05, 4.69) is 45.0 Å². The molecule has 1 aliphatic rings. The smallest absolute Gasteiger partial charge is 0.430 e. The first kappa shape index (κ1) is 42.0. The number of carboxylic acids is 1. The van der Waals surface area contributed by atoms with E-state index in [9.17, 15) is 31.2 Å². The Labute approximate surface area is 312 Å². The van der Waals surface area contributed by atoms with Gasteiger partial charge < -0.3 is 36.3 Å². The summed E-state index contributed by atoms with van der Waals surface area (Å²) < 4.78 is 77.2. The molecule has 22 nitrogen and oxygen atoms in total. The minimum atomic E-state index is -5.19. The van der Waals surface area contributed by atoms with Crippen molar-refractivity contribution < 1.29 is 64.2 Å². The minimum absolute atomic E-state index is 0.0271. The van der Waals surface area contributed by atoms with Crippen LogP contribution in [0.4, 0.5) is 18.3 Å². The van der Waals surface area contributed by atoms with E-state index in [1.807, 2.05) is 36.3 Å². The van der Waals surface area contributed by atoms with Gasteiger partial charge in [0, 0.05) is 5.38 Å². The number of aryl methyl sites for hydroxylation is 2. The number of halogens is 3. The van der Waals surface area contributed by atoms with Crippen LogP contribution < -0.4 is 31.3 Å². The van der Waals surface area contributed by atoms with Crippen LogP contribution in [0, 0.1) is 0 Å². The SMILES string of the molecule is C[n+]1cc(-c2ccc(OCC(O/N=C(\C(=O)N[C@@H]3C(=O)N(OS(=O)(=O)O)C3(C)C)c3csc(N)n3)c3nn[nH]n3)cc2)cn1CCCN.O=C([O-])C(F)(F)F. The summed E-state index contributed by atoms with van der Waals surface area (Å²) in [5.74, 6) is -4.29. The number of aliphatic carboxylic acids is 1. The number of hydrogen-bond acceptors (Lipinski definition) is 17. The first-order chi connectivity index (χ1) is 25.7. The number of thiazole rings is 1. The van der Waals surface area contributed by atoms with E-state index in [1.54, 1.807) is 12.1 Å². The lowest BCUT2D eigenvalue weighted by Crippen LogP contribution is -2.76. The van der Waals surface area contributed by atoms with Crippen LogP contribution >= 0.6 is 11.3 Å². The van der Waals surface area contributed by atoms with E-state index in [1.165, 1.54) is 19.2 Å². The molecule has 7 N–H and O–H groups in total. The van der Waals surface area contributed by atoms with Crippen molar-refractivity contribution in [1.82, 2.24) is 40.7 Å². The van der Waals surface area contributed by atoms with Gasteiger partial charge in [0.05, 0.1) is 23.8 Å². The predicted octanol–water partition coefficient (Wildman–Crippen LogP) is -1.44. The van der Waals surface area contributed by atoms with Crippen LogP contribution in [0.15, 0.2) is 47.2 Å². The fraction of sp³-hybridized carbons (Fsp3) is 0.393. The van der Waals surface area contributed by atoms with E-state index in [-0.39, 0.29) is 29.0 Å². The van der Waals surface area contributed by atoms with Gasteiger partial charge >= 0.3 is 16.6 Å². The molecule has 27 heteroatoms. The van der Waals surface area contributed by atoms with Gasteiger partial charge in [0.15, 0.2) is 17.9 Å². The zero-order valence-electron chi connectivity index (χ0n) is 28.8. The number of alkyl halides is 3. The van der Waals surface area contributed by atoms with Gasteiger partial charge in [-0.05, 0) is 44.5 Å². The molecule has 0 spiro atoms. The highest BCUT2D eigenvalue weighted by molar-refractivity contribution is 7.80. The van der Waals surface area contributed by atoms with Gasteiger partial charge in [0.25, 0.3) is 11.8 Å². The molecule has 1 unspecified atom stereocenters. The van der Waals surface area contributed by atoms with Crippen molar-refractivity contribution in [3.05, 3.63) is 53.6 Å². The van der Waals surface area contributed by atoms with Gasteiger partial charge in [-0.1, -0.05) is 22.5 Å². The van der Waals surface area contributed by atoms with Gasteiger partial charge in [-0.25, -0.2) is 4.98 Å². The van der Waals surface area contributed by atoms with Crippen LogP contribution in [0.3, 0.4) is 0 Å². The second kappa shape index (κ2) is 17.1. The Kier molecular flexibility index (Phi) is 13.1. The van der Waals surface area contributed by atoms with Crippen LogP contribution in [0.1, 0.15) is 37.9 Å². The maximum Gasteiger partial charge on any atom is 0.430 e.